The molecule has 1 amide bonds. The highest BCUT2D eigenvalue weighted by Gasteiger charge is 2.27. The monoisotopic (exact) mass is 242 g/mol. The molecule has 0 radical (unpaired) electrons. The van der Waals surface area contributed by atoms with Crippen LogP contribution < -0.4 is 5.73 Å². The van der Waals surface area contributed by atoms with Gasteiger partial charge in [0.1, 0.15) is 0 Å². The molecule has 1 unspecified atom stereocenters. The summed E-state index contributed by atoms with van der Waals surface area (Å²) in [5, 5.41) is 8.86. The van der Waals surface area contributed by atoms with Crippen molar-refractivity contribution in [2.75, 3.05) is 13.1 Å². The minimum atomic E-state index is -0.754. The number of piperidine rings is 1. The van der Waals surface area contributed by atoms with Crippen LogP contribution in [0.25, 0.3) is 0 Å². The summed E-state index contributed by atoms with van der Waals surface area (Å²) in [4.78, 5) is 24.4. The van der Waals surface area contributed by atoms with Crippen LogP contribution in [0.3, 0.4) is 0 Å². The standard InChI is InChI=1S/C12H22N2O3/c1-8(2)10(13)7-11(15)14-5-3-9(4-6-14)12(16)17/h8-10H,3-7,13H2,1-2H3,(H,16,17). The van der Waals surface area contributed by atoms with E-state index in [4.69, 9.17) is 10.8 Å². The predicted molar refractivity (Wildman–Crippen MR) is 64.4 cm³/mol. The van der Waals surface area contributed by atoms with Gasteiger partial charge in [-0.3, -0.25) is 9.59 Å². The lowest BCUT2D eigenvalue weighted by atomic mass is 9.96. The summed E-state index contributed by atoms with van der Waals surface area (Å²) in [7, 11) is 0. The molecule has 1 fully saturated rings. The number of carboxylic acid groups (broad SMARTS) is 1. The van der Waals surface area contributed by atoms with Gasteiger partial charge in [0.15, 0.2) is 0 Å². The lowest BCUT2D eigenvalue weighted by molar-refractivity contribution is -0.145. The van der Waals surface area contributed by atoms with Crippen molar-refractivity contribution in [3.63, 3.8) is 0 Å². The molecule has 0 spiro atoms. The number of carbonyl (C=O) groups is 2. The van der Waals surface area contributed by atoms with Crippen molar-refractivity contribution in [1.82, 2.24) is 4.90 Å². The molecule has 1 atom stereocenters. The zero-order valence-corrected chi connectivity index (χ0v) is 10.6. The Bertz CT molecular complexity index is 283. The van der Waals surface area contributed by atoms with Crippen molar-refractivity contribution in [2.45, 2.75) is 39.2 Å². The van der Waals surface area contributed by atoms with Crippen LogP contribution in [0.4, 0.5) is 0 Å². The third-order valence-corrected chi connectivity index (χ3v) is 3.46. The molecule has 1 saturated heterocycles. The minimum absolute atomic E-state index is 0.0510. The lowest BCUT2D eigenvalue weighted by Gasteiger charge is -2.31. The van der Waals surface area contributed by atoms with E-state index in [0.717, 1.165) is 0 Å². The Morgan fingerprint density at radius 1 is 1.35 bits per heavy atom. The van der Waals surface area contributed by atoms with Gasteiger partial charge in [-0.25, -0.2) is 0 Å². The SMILES string of the molecule is CC(C)C(N)CC(=O)N1CCC(C(=O)O)CC1. The fourth-order valence-electron chi connectivity index (χ4n) is 1.94. The number of aliphatic carboxylic acids is 1. The molecule has 5 nitrogen and oxygen atoms in total. The van der Waals surface area contributed by atoms with Gasteiger partial charge < -0.3 is 15.7 Å². The Hall–Kier alpha value is -1.10. The first-order valence-electron chi connectivity index (χ1n) is 6.18. The largest absolute Gasteiger partial charge is 0.481 e. The van der Waals surface area contributed by atoms with E-state index in [2.05, 4.69) is 0 Å². The van der Waals surface area contributed by atoms with Crippen molar-refractivity contribution in [3.05, 3.63) is 0 Å². The summed E-state index contributed by atoms with van der Waals surface area (Å²) >= 11 is 0. The van der Waals surface area contributed by atoms with Crippen LogP contribution in [0.2, 0.25) is 0 Å². The highest BCUT2D eigenvalue weighted by molar-refractivity contribution is 5.77. The average molecular weight is 242 g/mol. The van der Waals surface area contributed by atoms with Crippen LogP contribution in [0.15, 0.2) is 0 Å². The van der Waals surface area contributed by atoms with E-state index in [9.17, 15) is 9.59 Å². The Balaban J connectivity index is 2.38. The molecule has 0 aliphatic carbocycles. The van der Waals surface area contributed by atoms with Gasteiger partial charge in [0.2, 0.25) is 5.91 Å². The first kappa shape index (κ1) is 14.0. The van der Waals surface area contributed by atoms with Crippen molar-refractivity contribution in [1.29, 1.82) is 0 Å². The van der Waals surface area contributed by atoms with Crippen LogP contribution in [0, 0.1) is 11.8 Å². The number of amides is 1. The second-order valence-corrected chi connectivity index (χ2v) is 5.11. The summed E-state index contributed by atoms with van der Waals surface area (Å²) in [6.45, 7) is 5.07. The average Bonchev–Trinajstić information content (AvgIpc) is 2.28. The number of nitrogens with two attached hydrogens (primary N) is 1. The fraction of sp³-hybridized carbons (Fsp3) is 0.833. The first-order valence-corrected chi connectivity index (χ1v) is 6.18. The van der Waals surface area contributed by atoms with Crippen LogP contribution in [-0.4, -0.2) is 41.0 Å². The summed E-state index contributed by atoms with van der Waals surface area (Å²) in [5.74, 6) is -0.709. The molecule has 1 aliphatic heterocycles. The number of hydrogen-bond donors (Lipinski definition) is 2. The van der Waals surface area contributed by atoms with Crippen molar-refractivity contribution in [3.8, 4) is 0 Å². The van der Waals surface area contributed by atoms with E-state index in [-0.39, 0.29) is 23.8 Å². The molecule has 1 rings (SSSR count). The van der Waals surface area contributed by atoms with Gasteiger partial charge in [-0.15, -0.1) is 0 Å². The molecule has 1 heterocycles. The number of nitrogens with zero attached hydrogens (tertiary/aromatic N) is 1. The van der Waals surface area contributed by atoms with E-state index >= 15 is 0 Å². The number of rotatable bonds is 4. The van der Waals surface area contributed by atoms with E-state index < -0.39 is 5.97 Å². The highest BCUT2D eigenvalue weighted by atomic mass is 16.4. The quantitative estimate of drug-likeness (QED) is 0.759. The smallest absolute Gasteiger partial charge is 0.306 e. The van der Waals surface area contributed by atoms with Crippen molar-refractivity contribution < 1.29 is 14.7 Å². The molecule has 3 N–H and O–H groups in total. The van der Waals surface area contributed by atoms with Crippen LogP contribution in [-0.2, 0) is 9.59 Å². The Labute approximate surface area is 102 Å². The maximum absolute atomic E-state index is 11.9. The maximum atomic E-state index is 11.9. The van der Waals surface area contributed by atoms with Gasteiger partial charge in [-0.05, 0) is 18.8 Å². The zero-order valence-electron chi connectivity index (χ0n) is 10.6. The van der Waals surface area contributed by atoms with Gasteiger partial charge in [0.25, 0.3) is 0 Å². The van der Waals surface area contributed by atoms with Gasteiger partial charge in [-0.1, -0.05) is 13.8 Å². The molecule has 0 bridgehead atoms. The van der Waals surface area contributed by atoms with Gasteiger partial charge >= 0.3 is 5.97 Å². The Morgan fingerprint density at radius 3 is 2.29 bits per heavy atom. The molecule has 5 heteroatoms. The van der Waals surface area contributed by atoms with E-state index in [0.29, 0.717) is 32.4 Å². The fourth-order valence-corrected chi connectivity index (χ4v) is 1.94. The summed E-state index contributed by atoms with van der Waals surface area (Å²) in [5.41, 5.74) is 5.86. The molecule has 17 heavy (non-hydrogen) atoms. The van der Waals surface area contributed by atoms with Gasteiger partial charge in [-0.2, -0.15) is 0 Å². The van der Waals surface area contributed by atoms with Crippen molar-refractivity contribution >= 4 is 11.9 Å². The number of hydrogen-bond acceptors (Lipinski definition) is 3. The molecular weight excluding hydrogens is 220 g/mol. The van der Waals surface area contributed by atoms with E-state index in [1.165, 1.54) is 0 Å². The normalized spacial score (nSPS) is 19.4. The first-order chi connectivity index (χ1) is 7.91. The van der Waals surface area contributed by atoms with Gasteiger partial charge in [0.05, 0.1) is 5.92 Å². The van der Waals surface area contributed by atoms with Crippen LogP contribution >= 0.6 is 0 Å². The molecule has 1 aliphatic rings. The maximum Gasteiger partial charge on any atom is 0.306 e. The predicted octanol–water partition coefficient (Wildman–Crippen LogP) is 0.683. The second-order valence-electron chi connectivity index (χ2n) is 5.11. The molecule has 0 aromatic heterocycles. The number of carboxylic acids is 1. The highest BCUT2D eigenvalue weighted by Crippen LogP contribution is 2.18. The third-order valence-electron chi connectivity index (χ3n) is 3.46. The van der Waals surface area contributed by atoms with Crippen molar-refractivity contribution in [2.24, 2.45) is 17.6 Å². The Kier molecular flexibility index (Phi) is 4.93. The lowest BCUT2D eigenvalue weighted by Crippen LogP contribution is -2.43. The molecule has 0 saturated carbocycles. The molecule has 98 valence electrons. The summed E-state index contributed by atoms with van der Waals surface area (Å²) < 4.78 is 0. The van der Waals surface area contributed by atoms with Gasteiger partial charge in [0, 0.05) is 25.6 Å². The second kappa shape index (κ2) is 6.00. The number of likely N-dealkylation sites (tertiary alicyclic amines) is 1. The zero-order chi connectivity index (χ0) is 13.0. The molecule has 0 aromatic carbocycles. The molecular formula is C12H22N2O3. The Morgan fingerprint density at radius 2 is 1.88 bits per heavy atom. The molecule has 0 aromatic rings. The summed E-state index contributed by atoms with van der Waals surface area (Å²) in [6, 6.07) is -0.111. The minimum Gasteiger partial charge on any atom is -0.481 e. The number of carbonyl (C=O) groups excluding carboxylic acids is 1. The van der Waals surface area contributed by atoms with Crippen LogP contribution in [0.1, 0.15) is 33.1 Å². The van der Waals surface area contributed by atoms with E-state index in [1.54, 1.807) is 4.90 Å². The third kappa shape index (κ3) is 4.00. The topological polar surface area (TPSA) is 83.6 Å². The van der Waals surface area contributed by atoms with E-state index in [1.807, 2.05) is 13.8 Å². The summed E-state index contributed by atoms with van der Waals surface area (Å²) in [6.07, 6.45) is 1.46. The van der Waals surface area contributed by atoms with Crippen LogP contribution in [0.5, 0.6) is 0 Å².